The topological polar surface area (TPSA) is 35.8 Å². The van der Waals surface area contributed by atoms with Crippen molar-refractivity contribution in [1.82, 2.24) is 5.32 Å². The fraction of sp³-hybridized carbons (Fsp3) is 0.278. The Morgan fingerprint density at radius 2 is 1.70 bits per heavy atom. The summed E-state index contributed by atoms with van der Waals surface area (Å²) in [6.45, 7) is 1.67. The fourth-order valence-electron chi connectivity index (χ4n) is 2.48. The van der Waals surface area contributed by atoms with Crippen LogP contribution in [0, 0.1) is 11.3 Å². The quantitative estimate of drug-likeness (QED) is 0.891. The van der Waals surface area contributed by atoms with E-state index in [4.69, 9.17) is 5.26 Å². The van der Waals surface area contributed by atoms with Crippen LogP contribution in [-0.2, 0) is 13.1 Å². The molecule has 1 saturated carbocycles. The van der Waals surface area contributed by atoms with Gasteiger partial charge in [-0.2, -0.15) is 5.26 Å². The molecule has 1 aliphatic rings. The monoisotopic (exact) mass is 262 g/mol. The van der Waals surface area contributed by atoms with Crippen LogP contribution in [0.3, 0.4) is 0 Å². The molecular formula is C18H18N2. The molecule has 1 fully saturated rings. The molecule has 0 aliphatic heterocycles. The summed E-state index contributed by atoms with van der Waals surface area (Å²) in [6.07, 6.45) is 2.69. The highest BCUT2D eigenvalue weighted by Gasteiger charge is 2.23. The van der Waals surface area contributed by atoms with Gasteiger partial charge in [0.05, 0.1) is 11.6 Å². The zero-order chi connectivity index (χ0) is 13.8. The Morgan fingerprint density at radius 1 is 1.00 bits per heavy atom. The van der Waals surface area contributed by atoms with Crippen molar-refractivity contribution >= 4 is 0 Å². The van der Waals surface area contributed by atoms with Gasteiger partial charge in [0, 0.05) is 13.1 Å². The lowest BCUT2D eigenvalue weighted by Gasteiger charge is -2.07. The van der Waals surface area contributed by atoms with Gasteiger partial charge in [-0.05, 0) is 47.6 Å². The van der Waals surface area contributed by atoms with E-state index in [1.165, 1.54) is 24.0 Å². The van der Waals surface area contributed by atoms with Gasteiger partial charge >= 0.3 is 0 Å². The van der Waals surface area contributed by atoms with Gasteiger partial charge in [-0.3, -0.25) is 0 Å². The third-order valence-electron chi connectivity index (χ3n) is 3.71. The van der Waals surface area contributed by atoms with Gasteiger partial charge in [0.25, 0.3) is 0 Å². The SMILES string of the molecule is N#Cc1cccc(CNCc2cccc(C3CC3)c2)c1. The summed E-state index contributed by atoms with van der Waals surface area (Å²) in [4.78, 5) is 0. The van der Waals surface area contributed by atoms with E-state index >= 15 is 0 Å². The number of hydrogen-bond donors (Lipinski definition) is 1. The summed E-state index contributed by atoms with van der Waals surface area (Å²) < 4.78 is 0. The van der Waals surface area contributed by atoms with Gasteiger partial charge in [0.2, 0.25) is 0 Å². The van der Waals surface area contributed by atoms with Crippen molar-refractivity contribution < 1.29 is 0 Å². The van der Waals surface area contributed by atoms with E-state index in [0.29, 0.717) is 0 Å². The van der Waals surface area contributed by atoms with E-state index in [0.717, 1.165) is 30.1 Å². The first-order chi connectivity index (χ1) is 9.85. The number of nitrogens with one attached hydrogen (secondary N) is 1. The van der Waals surface area contributed by atoms with E-state index < -0.39 is 0 Å². The molecule has 2 nitrogen and oxygen atoms in total. The zero-order valence-electron chi connectivity index (χ0n) is 11.5. The first-order valence-corrected chi connectivity index (χ1v) is 7.14. The molecule has 3 rings (SSSR count). The maximum Gasteiger partial charge on any atom is 0.0991 e. The minimum Gasteiger partial charge on any atom is -0.309 e. The Morgan fingerprint density at radius 3 is 2.40 bits per heavy atom. The predicted octanol–water partition coefficient (Wildman–Crippen LogP) is 3.73. The Hall–Kier alpha value is -2.11. The van der Waals surface area contributed by atoms with Crippen molar-refractivity contribution in [3.05, 3.63) is 70.8 Å². The van der Waals surface area contributed by atoms with Crippen LogP contribution in [-0.4, -0.2) is 0 Å². The minimum atomic E-state index is 0.722. The molecule has 100 valence electrons. The van der Waals surface area contributed by atoms with Gasteiger partial charge in [-0.1, -0.05) is 36.4 Å². The van der Waals surface area contributed by atoms with Gasteiger partial charge in [-0.15, -0.1) is 0 Å². The molecule has 2 aromatic rings. The smallest absolute Gasteiger partial charge is 0.0991 e. The summed E-state index contributed by atoms with van der Waals surface area (Å²) in [6, 6.07) is 18.8. The van der Waals surface area contributed by atoms with E-state index in [9.17, 15) is 0 Å². The molecule has 2 heteroatoms. The molecule has 1 N–H and O–H groups in total. The van der Waals surface area contributed by atoms with Crippen LogP contribution in [0.4, 0.5) is 0 Å². The van der Waals surface area contributed by atoms with Crippen molar-refractivity contribution in [1.29, 1.82) is 5.26 Å². The summed E-state index contributed by atoms with van der Waals surface area (Å²) in [5, 5.41) is 12.3. The van der Waals surface area contributed by atoms with Crippen LogP contribution in [0.15, 0.2) is 48.5 Å². The third kappa shape index (κ3) is 3.26. The molecule has 0 unspecified atom stereocenters. The lowest BCUT2D eigenvalue weighted by molar-refractivity contribution is 0.692. The van der Waals surface area contributed by atoms with Gasteiger partial charge in [-0.25, -0.2) is 0 Å². The Balaban J connectivity index is 1.56. The maximum absolute atomic E-state index is 8.88. The van der Waals surface area contributed by atoms with E-state index in [1.54, 1.807) is 0 Å². The van der Waals surface area contributed by atoms with Crippen molar-refractivity contribution in [3.63, 3.8) is 0 Å². The standard InChI is InChI=1S/C18H18N2/c19-11-14-3-1-4-15(9-14)12-20-13-16-5-2-6-18(10-16)17-7-8-17/h1-6,9-10,17,20H,7-8,12-13H2. The highest BCUT2D eigenvalue weighted by molar-refractivity contribution is 5.33. The molecule has 0 spiro atoms. The van der Waals surface area contributed by atoms with Crippen LogP contribution in [0.25, 0.3) is 0 Å². The average Bonchev–Trinajstić information content (AvgIpc) is 3.33. The molecule has 0 atom stereocenters. The summed E-state index contributed by atoms with van der Waals surface area (Å²) >= 11 is 0. The Kier molecular flexibility index (Phi) is 3.80. The van der Waals surface area contributed by atoms with Crippen molar-refractivity contribution in [2.24, 2.45) is 0 Å². The van der Waals surface area contributed by atoms with Gasteiger partial charge in [0.1, 0.15) is 0 Å². The normalized spacial score (nSPS) is 13.9. The van der Waals surface area contributed by atoms with Crippen molar-refractivity contribution in [2.75, 3.05) is 0 Å². The number of nitriles is 1. The lowest BCUT2D eigenvalue weighted by atomic mass is 10.1. The first-order valence-electron chi connectivity index (χ1n) is 7.14. The van der Waals surface area contributed by atoms with E-state index in [1.807, 2.05) is 18.2 Å². The van der Waals surface area contributed by atoms with Crippen LogP contribution < -0.4 is 5.32 Å². The zero-order valence-corrected chi connectivity index (χ0v) is 11.5. The van der Waals surface area contributed by atoms with Gasteiger partial charge in [0.15, 0.2) is 0 Å². The summed E-state index contributed by atoms with van der Waals surface area (Å²) in [7, 11) is 0. The highest BCUT2D eigenvalue weighted by Crippen LogP contribution is 2.40. The number of hydrogen-bond acceptors (Lipinski definition) is 2. The van der Waals surface area contributed by atoms with Crippen LogP contribution in [0.5, 0.6) is 0 Å². The molecule has 2 aromatic carbocycles. The molecule has 1 aliphatic carbocycles. The van der Waals surface area contributed by atoms with E-state index in [-0.39, 0.29) is 0 Å². The predicted molar refractivity (Wildman–Crippen MR) is 80.1 cm³/mol. The fourth-order valence-corrected chi connectivity index (χ4v) is 2.48. The first kappa shape index (κ1) is 12.9. The molecule has 20 heavy (non-hydrogen) atoms. The van der Waals surface area contributed by atoms with Crippen molar-refractivity contribution in [2.45, 2.75) is 31.8 Å². The molecular weight excluding hydrogens is 244 g/mol. The van der Waals surface area contributed by atoms with Gasteiger partial charge < -0.3 is 5.32 Å². The molecule has 0 bridgehead atoms. The average molecular weight is 262 g/mol. The number of benzene rings is 2. The maximum atomic E-state index is 8.88. The summed E-state index contributed by atoms with van der Waals surface area (Å²) in [5.74, 6) is 0.808. The van der Waals surface area contributed by atoms with Crippen molar-refractivity contribution in [3.8, 4) is 6.07 Å². The lowest BCUT2D eigenvalue weighted by Crippen LogP contribution is -2.12. The highest BCUT2D eigenvalue weighted by atomic mass is 14.8. The number of rotatable bonds is 5. The molecule has 0 heterocycles. The second-order valence-electron chi connectivity index (χ2n) is 5.44. The van der Waals surface area contributed by atoms with Crippen LogP contribution >= 0.6 is 0 Å². The number of nitrogens with zero attached hydrogens (tertiary/aromatic N) is 1. The molecule has 0 radical (unpaired) electrons. The Labute approximate surface area is 120 Å². The third-order valence-corrected chi connectivity index (χ3v) is 3.71. The molecule has 0 saturated heterocycles. The largest absolute Gasteiger partial charge is 0.309 e. The van der Waals surface area contributed by atoms with Crippen LogP contribution in [0.1, 0.15) is 41.0 Å². The molecule has 0 amide bonds. The summed E-state index contributed by atoms with van der Waals surface area (Å²) in [5.41, 5.74) is 4.70. The molecule has 0 aromatic heterocycles. The second-order valence-corrected chi connectivity index (χ2v) is 5.44. The Bertz CT molecular complexity index is 636. The van der Waals surface area contributed by atoms with E-state index in [2.05, 4.69) is 41.7 Å². The van der Waals surface area contributed by atoms with Crippen LogP contribution in [0.2, 0.25) is 0 Å². The second kappa shape index (κ2) is 5.90. The minimum absolute atomic E-state index is 0.722.